The monoisotopic (exact) mass is 272 g/mol. The number of aliphatic hydroxyl groups is 1. The van der Waals surface area contributed by atoms with Gasteiger partial charge in [-0.25, -0.2) is 9.97 Å². The van der Waals surface area contributed by atoms with Gasteiger partial charge in [0.05, 0.1) is 0 Å². The SMILES string of the molecule is Nc1nc2ncnc-2c(NC2CC2)n1/C=C1\CC1CO. The van der Waals surface area contributed by atoms with Crippen molar-refractivity contribution in [2.24, 2.45) is 5.92 Å². The Balaban J connectivity index is 1.82. The molecular weight excluding hydrogens is 256 g/mol. The highest BCUT2D eigenvalue weighted by atomic mass is 16.3. The van der Waals surface area contributed by atoms with Gasteiger partial charge in [0.15, 0.2) is 11.5 Å². The quantitative estimate of drug-likeness (QED) is 0.760. The minimum absolute atomic E-state index is 0.184. The summed E-state index contributed by atoms with van der Waals surface area (Å²) in [6, 6.07) is 0.481. The van der Waals surface area contributed by atoms with Gasteiger partial charge in [-0.15, -0.1) is 0 Å². The van der Waals surface area contributed by atoms with Crippen molar-refractivity contribution in [3.8, 4) is 11.5 Å². The second-order valence-corrected chi connectivity index (χ2v) is 5.44. The Kier molecular flexibility index (Phi) is 2.43. The van der Waals surface area contributed by atoms with E-state index in [1.165, 1.54) is 11.9 Å². The Morgan fingerprint density at radius 3 is 3.00 bits per heavy atom. The van der Waals surface area contributed by atoms with Crippen molar-refractivity contribution < 1.29 is 5.11 Å². The van der Waals surface area contributed by atoms with E-state index in [2.05, 4.69) is 20.3 Å². The molecule has 2 aliphatic heterocycles. The Bertz CT molecular complexity index is 659. The van der Waals surface area contributed by atoms with Crippen LogP contribution in [0.2, 0.25) is 0 Å². The first-order valence-electron chi connectivity index (χ1n) is 6.82. The molecule has 0 spiro atoms. The van der Waals surface area contributed by atoms with Crippen LogP contribution in [0.4, 0.5) is 11.8 Å². The lowest BCUT2D eigenvalue weighted by atomic mass is 10.3. The van der Waals surface area contributed by atoms with Crippen molar-refractivity contribution in [2.45, 2.75) is 25.3 Å². The van der Waals surface area contributed by atoms with E-state index in [4.69, 9.17) is 10.8 Å². The Labute approximate surface area is 115 Å². The number of nitrogens with one attached hydrogen (secondary N) is 1. The van der Waals surface area contributed by atoms with Crippen molar-refractivity contribution >= 4 is 18.0 Å². The van der Waals surface area contributed by atoms with Crippen LogP contribution in [0.1, 0.15) is 19.3 Å². The molecule has 7 heteroatoms. The summed E-state index contributed by atoms with van der Waals surface area (Å²) in [5, 5.41) is 12.6. The predicted octanol–water partition coefficient (Wildman–Crippen LogP) is 0.787. The van der Waals surface area contributed by atoms with E-state index in [1.807, 2.05) is 10.8 Å². The third-order valence-electron chi connectivity index (χ3n) is 3.79. The average molecular weight is 272 g/mol. The first kappa shape index (κ1) is 11.7. The van der Waals surface area contributed by atoms with Gasteiger partial charge in [0.1, 0.15) is 12.1 Å². The van der Waals surface area contributed by atoms with Crippen LogP contribution in [0.15, 0.2) is 11.9 Å². The molecule has 0 aromatic carbocycles. The molecule has 2 saturated carbocycles. The summed E-state index contributed by atoms with van der Waals surface area (Å²) in [4.78, 5) is 12.7. The minimum Gasteiger partial charge on any atom is -0.396 e. The molecule has 1 unspecified atom stereocenters. The largest absolute Gasteiger partial charge is 0.396 e. The van der Waals surface area contributed by atoms with Crippen LogP contribution in [0.25, 0.3) is 17.7 Å². The summed E-state index contributed by atoms with van der Waals surface area (Å²) in [6.07, 6.45) is 6.69. The van der Waals surface area contributed by atoms with E-state index >= 15 is 0 Å². The number of aliphatic hydroxyl groups excluding tert-OH is 1. The molecule has 104 valence electrons. The van der Waals surface area contributed by atoms with Gasteiger partial charge < -0.3 is 16.2 Å². The van der Waals surface area contributed by atoms with E-state index in [9.17, 15) is 0 Å². The van der Waals surface area contributed by atoms with Gasteiger partial charge in [-0.3, -0.25) is 4.57 Å². The number of nitrogens with two attached hydrogens (primary N) is 1. The van der Waals surface area contributed by atoms with E-state index in [0.717, 1.165) is 30.8 Å². The van der Waals surface area contributed by atoms with Crippen molar-refractivity contribution in [3.63, 3.8) is 0 Å². The van der Waals surface area contributed by atoms with Gasteiger partial charge in [-0.2, -0.15) is 4.98 Å². The normalized spacial score (nSPS) is 23.4. The molecule has 1 atom stereocenters. The highest BCUT2D eigenvalue weighted by Crippen LogP contribution is 2.40. The van der Waals surface area contributed by atoms with Crippen molar-refractivity contribution in [3.05, 3.63) is 11.9 Å². The summed E-state index contributed by atoms with van der Waals surface area (Å²) in [7, 11) is 0. The first-order chi connectivity index (χ1) is 9.76. The average Bonchev–Trinajstić information content (AvgIpc) is 3.34. The van der Waals surface area contributed by atoms with Gasteiger partial charge in [0, 0.05) is 24.8 Å². The molecule has 0 radical (unpaired) electrons. The van der Waals surface area contributed by atoms with Crippen LogP contribution < -0.4 is 11.1 Å². The summed E-state index contributed by atoms with van der Waals surface area (Å²) in [5.74, 6) is 2.06. The predicted molar refractivity (Wildman–Crippen MR) is 75.0 cm³/mol. The molecule has 2 heterocycles. The third kappa shape index (κ3) is 1.90. The van der Waals surface area contributed by atoms with Gasteiger partial charge in [-0.05, 0) is 24.8 Å². The number of hydrogen-bond donors (Lipinski definition) is 3. The molecule has 4 rings (SSSR count). The number of nitrogens with zero attached hydrogens (tertiary/aromatic N) is 4. The number of hydrogen-bond acceptors (Lipinski definition) is 6. The smallest absolute Gasteiger partial charge is 0.208 e. The molecule has 0 amide bonds. The number of anilines is 2. The zero-order valence-corrected chi connectivity index (χ0v) is 11.0. The third-order valence-corrected chi connectivity index (χ3v) is 3.79. The van der Waals surface area contributed by atoms with Gasteiger partial charge in [0.25, 0.3) is 0 Å². The van der Waals surface area contributed by atoms with Crippen LogP contribution in [0.3, 0.4) is 0 Å². The van der Waals surface area contributed by atoms with E-state index in [-0.39, 0.29) is 12.5 Å². The molecule has 2 aliphatic carbocycles. The van der Waals surface area contributed by atoms with Crippen LogP contribution in [0.5, 0.6) is 0 Å². The fourth-order valence-corrected chi connectivity index (χ4v) is 2.32. The fourth-order valence-electron chi connectivity index (χ4n) is 2.32. The minimum atomic E-state index is 0.184. The molecule has 4 aliphatic rings. The van der Waals surface area contributed by atoms with Gasteiger partial charge in [0.2, 0.25) is 5.95 Å². The molecule has 20 heavy (non-hydrogen) atoms. The lowest BCUT2D eigenvalue weighted by molar-refractivity contribution is 0.281. The van der Waals surface area contributed by atoms with E-state index < -0.39 is 0 Å². The molecule has 0 saturated heterocycles. The molecule has 0 bridgehead atoms. The van der Waals surface area contributed by atoms with Crippen LogP contribution in [0, 0.1) is 5.92 Å². The van der Waals surface area contributed by atoms with E-state index in [0.29, 0.717) is 17.8 Å². The lowest BCUT2D eigenvalue weighted by Crippen LogP contribution is -2.14. The fraction of sp³-hybridized carbons (Fsp3) is 0.462. The number of imidazole rings is 1. The van der Waals surface area contributed by atoms with Gasteiger partial charge in [-0.1, -0.05) is 0 Å². The maximum atomic E-state index is 9.15. The van der Waals surface area contributed by atoms with Crippen LogP contribution >= 0.6 is 0 Å². The molecule has 2 fully saturated rings. The lowest BCUT2D eigenvalue weighted by Gasteiger charge is -2.16. The molecule has 0 aromatic heterocycles. The molecule has 0 aromatic rings. The molecule has 7 nitrogen and oxygen atoms in total. The van der Waals surface area contributed by atoms with Crippen molar-refractivity contribution in [2.75, 3.05) is 17.7 Å². The van der Waals surface area contributed by atoms with Crippen LogP contribution in [-0.2, 0) is 0 Å². The first-order valence-corrected chi connectivity index (χ1v) is 6.82. The van der Waals surface area contributed by atoms with Crippen molar-refractivity contribution in [1.82, 2.24) is 19.5 Å². The van der Waals surface area contributed by atoms with Crippen LogP contribution in [-0.4, -0.2) is 37.3 Å². The standard InChI is InChI=1S/C13H16N6O/c14-13-18-11-10(15-6-16-11)12(17-9-1-2-9)19(13)4-7-3-8(7)5-20/h4,6,8-9,17,20H,1-3,5H2,(H2,14,15,16,18)/b7-4+. The maximum absolute atomic E-state index is 9.15. The second kappa shape index (κ2) is 4.17. The highest BCUT2D eigenvalue weighted by Gasteiger charge is 2.31. The summed E-state index contributed by atoms with van der Waals surface area (Å²) in [5.41, 5.74) is 7.97. The summed E-state index contributed by atoms with van der Waals surface area (Å²) >= 11 is 0. The molecule has 4 N–H and O–H groups in total. The van der Waals surface area contributed by atoms with Gasteiger partial charge >= 0.3 is 0 Å². The zero-order chi connectivity index (χ0) is 13.7. The number of aromatic nitrogens is 4. The van der Waals surface area contributed by atoms with Crippen molar-refractivity contribution in [1.29, 1.82) is 0 Å². The number of fused-ring (bicyclic) bond motifs is 1. The maximum Gasteiger partial charge on any atom is 0.208 e. The summed E-state index contributed by atoms with van der Waals surface area (Å²) in [6.45, 7) is 0.184. The Morgan fingerprint density at radius 1 is 1.45 bits per heavy atom. The Hall–Kier alpha value is -2.15. The number of rotatable bonds is 4. The second-order valence-electron chi connectivity index (χ2n) is 5.44. The summed E-state index contributed by atoms with van der Waals surface area (Å²) < 4.78 is 1.83. The molecular formula is C13H16N6O. The Morgan fingerprint density at radius 2 is 2.30 bits per heavy atom. The topological polar surface area (TPSA) is 102 Å². The number of nitrogen functional groups attached to an aromatic ring is 1. The zero-order valence-electron chi connectivity index (χ0n) is 11.0. The van der Waals surface area contributed by atoms with E-state index in [1.54, 1.807) is 0 Å². The highest BCUT2D eigenvalue weighted by molar-refractivity contribution is 5.73.